The number of sulfonamides is 1. The Balaban J connectivity index is 1.83. The van der Waals surface area contributed by atoms with Gasteiger partial charge in [0, 0.05) is 37.6 Å². The smallest absolute Gasteiger partial charge is 0.355 e. The molecule has 0 aliphatic carbocycles. The lowest BCUT2D eigenvalue weighted by Gasteiger charge is -2.40. The number of halogens is 2. The molecule has 1 amide bonds. The van der Waals surface area contributed by atoms with Crippen molar-refractivity contribution in [2.24, 2.45) is 5.14 Å². The van der Waals surface area contributed by atoms with E-state index in [1.807, 2.05) is 0 Å². The van der Waals surface area contributed by atoms with Crippen LogP contribution in [0.4, 0.5) is 20.3 Å². The van der Waals surface area contributed by atoms with Crippen LogP contribution in [0.25, 0.3) is 28.0 Å². The summed E-state index contributed by atoms with van der Waals surface area (Å²) in [7, 11) is -4.44. The van der Waals surface area contributed by atoms with Gasteiger partial charge in [-0.2, -0.15) is 4.98 Å². The number of fused-ring (bicyclic) bond motifs is 1. The third-order valence-corrected chi connectivity index (χ3v) is 7.58. The van der Waals surface area contributed by atoms with Gasteiger partial charge in [0.25, 0.3) is 10.0 Å². The van der Waals surface area contributed by atoms with Gasteiger partial charge in [0.15, 0.2) is 16.5 Å². The molecular formula is C26H24F2N8O4S. The molecule has 5 rings (SSSR count). The molecule has 1 fully saturated rings. The number of aromatic nitrogens is 4. The van der Waals surface area contributed by atoms with Crippen molar-refractivity contribution in [1.82, 2.24) is 24.4 Å². The number of pyridine rings is 2. The molecule has 3 aromatic heterocycles. The number of hydrogen-bond acceptors (Lipinski definition) is 9. The molecule has 12 nitrogen and oxygen atoms in total. The van der Waals surface area contributed by atoms with Crippen LogP contribution >= 0.6 is 0 Å². The number of benzene rings is 1. The highest BCUT2D eigenvalue weighted by Gasteiger charge is 2.31. The van der Waals surface area contributed by atoms with Gasteiger partial charge < -0.3 is 15.5 Å². The van der Waals surface area contributed by atoms with Crippen molar-refractivity contribution in [3.63, 3.8) is 0 Å². The molecule has 0 spiro atoms. The first-order chi connectivity index (χ1) is 19.4. The average Bonchev–Trinajstić information content (AvgIpc) is 2.92. The molecule has 1 saturated heterocycles. The SMILES string of the molecule is C=CC(=O)N1CCN(c2nc(=O)n(-c3cccnc3S(N)(=O)=O)c3nc(-c4c(N)cccc4F)c(F)cc23)[C@@H](C)C1. The molecule has 15 heteroatoms. The number of nitrogen functional groups attached to an aromatic ring is 1. The molecule has 41 heavy (non-hydrogen) atoms. The van der Waals surface area contributed by atoms with Gasteiger partial charge in [0.05, 0.1) is 16.6 Å². The van der Waals surface area contributed by atoms with Crippen molar-refractivity contribution in [3.8, 4) is 16.9 Å². The predicted molar refractivity (Wildman–Crippen MR) is 148 cm³/mol. The van der Waals surface area contributed by atoms with Gasteiger partial charge in [-0.05, 0) is 43.3 Å². The lowest BCUT2D eigenvalue weighted by atomic mass is 10.1. The van der Waals surface area contributed by atoms with Crippen LogP contribution in [0.5, 0.6) is 0 Å². The first kappa shape index (κ1) is 27.8. The third kappa shape index (κ3) is 4.89. The minimum absolute atomic E-state index is 0.0142. The molecule has 212 valence electrons. The number of piperazine rings is 1. The lowest BCUT2D eigenvalue weighted by Crippen LogP contribution is -2.54. The van der Waals surface area contributed by atoms with Crippen molar-refractivity contribution >= 4 is 38.5 Å². The molecule has 0 saturated carbocycles. The van der Waals surface area contributed by atoms with Gasteiger partial charge in [-0.25, -0.2) is 41.7 Å². The van der Waals surface area contributed by atoms with E-state index in [1.165, 1.54) is 36.5 Å². The maximum atomic E-state index is 15.7. The number of primary sulfonamides is 1. The van der Waals surface area contributed by atoms with E-state index in [0.717, 1.165) is 16.7 Å². The van der Waals surface area contributed by atoms with Crippen molar-refractivity contribution in [1.29, 1.82) is 0 Å². The van der Waals surface area contributed by atoms with E-state index in [-0.39, 0.29) is 65.4 Å². The Bertz CT molecular complexity index is 1880. The fourth-order valence-electron chi connectivity index (χ4n) is 4.88. The summed E-state index contributed by atoms with van der Waals surface area (Å²) in [4.78, 5) is 41.4. The average molecular weight is 583 g/mol. The number of nitrogens with two attached hydrogens (primary N) is 2. The minimum atomic E-state index is -4.44. The summed E-state index contributed by atoms with van der Waals surface area (Å²) in [6.07, 6.45) is 2.37. The largest absolute Gasteiger partial charge is 0.398 e. The molecule has 1 aliphatic heterocycles. The van der Waals surface area contributed by atoms with Crippen LogP contribution in [0.2, 0.25) is 0 Å². The first-order valence-electron chi connectivity index (χ1n) is 12.3. The summed E-state index contributed by atoms with van der Waals surface area (Å²) >= 11 is 0. The van der Waals surface area contributed by atoms with E-state index in [9.17, 15) is 22.4 Å². The highest BCUT2D eigenvalue weighted by Crippen LogP contribution is 2.34. The molecule has 1 aromatic carbocycles. The number of nitrogens with zero attached hydrogens (tertiary/aromatic N) is 6. The van der Waals surface area contributed by atoms with Gasteiger partial charge in [0.2, 0.25) is 5.91 Å². The molecular weight excluding hydrogens is 558 g/mol. The maximum Gasteiger partial charge on any atom is 0.355 e. The number of anilines is 2. The highest BCUT2D eigenvalue weighted by atomic mass is 32.2. The number of rotatable bonds is 5. The van der Waals surface area contributed by atoms with E-state index in [2.05, 4.69) is 21.5 Å². The van der Waals surface area contributed by atoms with Crippen LogP contribution in [0.3, 0.4) is 0 Å². The number of amides is 1. The predicted octanol–water partition coefficient (Wildman–Crippen LogP) is 1.57. The normalized spacial score (nSPS) is 15.8. The van der Waals surface area contributed by atoms with Crippen LogP contribution in [0.15, 0.2) is 65.1 Å². The Morgan fingerprint density at radius 1 is 1.15 bits per heavy atom. The van der Waals surface area contributed by atoms with Gasteiger partial charge in [0.1, 0.15) is 17.3 Å². The van der Waals surface area contributed by atoms with Gasteiger partial charge in [-0.3, -0.25) is 4.79 Å². The van der Waals surface area contributed by atoms with Crippen LogP contribution in [0.1, 0.15) is 6.92 Å². The molecule has 0 radical (unpaired) electrons. The quantitative estimate of drug-likeness (QED) is 0.262. The Morgan fingerprint density at radius 2 is 1.90 bits per heavy atom. The van der Waals surface area contributed by atoms with Crippen LogP contribution < -0.4 is 21.5 Å². The lowest BCUT2D eigenvalue weighted by molar-refractivity contribution is -0.126. The number of carbonyl (C=O) groups excluding carboxylic acids is 1. The molecule has 4 heterocycles. The summed E-state index contributed by atoms with van der Waals surface area (Å²) in [5.74, 6) is -2.05. The number of carbonyl (C=O) groups is 1. The van der Waals surface area contributed by atoms with E-state index >= 15 is 4.39 Å². The zero-order valence-corrected chi connectivity index (χ0v) is 22.5. The van der Waals surface area contributed by atoms with Crippen LogP contribution in [-0.2, 0) is 14.8 Å². The standard InChI is InChI=1S/C26H24F2N8O4S/c1-3-20(37)34-10-11-35(14(2)13-34)23-15-12-17(28)22(21-16(27)6-4-7-18(21)29)32-24(15)36(26(38)33-23)19-8-5-9-31-25(19)41(30,39)40/h3-9,12,14H,1,10-11,13,29H2,2H3,(H2,30,39,40)/t14-/m0/s1. The second kappa shape index (κ2) is 10.3. The van der Waals surface area contributed by atoms with Crippen molar-refractivity contribution in [2.75, 3.05) is 30.3 Å². The topological polar surface area (TPSA) is 170 Å². The molecule has 4 N–H and O–H groups in total. The second-order valence-electron chi connectivity index (χ2n) is 9.35. The van der Waals surface area contributed by atoms with Crippen LogP contribution in [0, 0.1) is 11.6 Å². The van der Waals surface area contributed by atoms with E-state index in [1.54, 1.807) is 16.7 Å². The minimum Gasteiger partial charge on any atom is -0.398 e. The maximum absolute atomic E-state index is 15.7. The van der Waals surface area contributed by atoms with Gasteiger partial charge in [-0.1, -0.05) is 12.6 Å². The molecule has 1 aliphatic rings. The second-order valence-corrected chi connectivity index (χ2v) is 10.8. The summed E-state index contributed by atoms with van der Waals surface area (Å²) in [6, 6.07) is 7.07. The molecule has 1 atom stereocenters. The van der Waals surface area contributed by atoms with Crippen molar-refractivity contribution in [3.05, 3.63) is 77.4 Å². The van der Waals surface area contributed by atoms with E-state index in [0.29, 0.717) is 0 Å². The molecule has 0 bridgehead atoms. The molecule has 0 unspecified atom stereocenters. The van der Waals surface area contributed by atoms with Gasteiger partial charge >= 0.3 is 5.69 Å². The summed E-state index contributed by atoms with van der Waals surface area (Å²) in [5.41, 5.74) is 3.50. The fraction of sp³-hybridized carbons (Fsp3) is 0.192. The Kier molecular flexibility index (Phi) is 7.00. The summed E-state index contributed by atoms with van der Waals surface area (Å²) in [5, 5.41) is 4.73. The van der Waals surface area contributed by atoms with Crippen molar-refractivity contribution in [2.45, 2.75) is 18.0 Å². The van der Waals surface area contributed by atoms with Crippen molar-refractivity contribution < 1.29 is 22.0 Å². The Morgan fingerprint density at radius 3 is 2.56 bits per heavy atom. The highest BCUT2D eigenvalue weighted by molar-refractivity contribution is 7.89. The zero-order chi connectivity index (χ0) is 29.6. The molecule has 4 aromatic rings. The fourth-order valence-corrected chi connectivity index (χ4v) is 5.54. The first-order valence-corrected chi connectivity index (χ1v) is 13.8. The Labute approximate surface area is 232 Å². The summed E-state index contributed by atoms with van der Waals surface area (Å²) < 4.78 is 56.1. The number of hydrogen-bond donors (Lipinski definition) is 2. The Hall–Kier alpha value is -4.76. The monoisotopic (exact) mass is 582 g/mol. The van der Waals surface area contributed by atoms with E-state index in [4.69, 9.17) is 10.9 Å². The van der Waals surface area contributed by atoms with Gasteiger partial charge in [-0.15, -0.1) is 0 Å². The zero-order valence-electron chi connectivity index (χ0n) is 21.7. The van der Waals surface area contributed by atoms with E-state index < -0.39 is 38.1 Å². The van der Waals surface area contributed by atoms with Crippen LogP contribution in [-0.4, -0.2) is 64.4 Å². The summed E-state index contributed by atoms with van der Waals surface area (Å²) in [6.45, 7) is 6.05. The third-order valence-electron chi connectivity index (χ3n) is 6.73.